The van der Waals surface area contributed by atoms with Crippen molar-refractivity contribution in [3.05, 3.63) is 11.1 Å². The van der Waals surface area contributed by atoms with Crippen molar-refractivity contribution in [2.45, 2.75) is 19.4 Å². The Kier molecular flexibility index (Phi) is 2.70. The van der Waals surface area contributed by atoms with Crippen molar-refractivity contribution >= 4 is 26.5 Å². The lowest BCUT2D eigenvalue weighted by Crippen LogP contribution is -2.25. The van der Waals surface area contributed by atoms with Crippen LogP contribution in [0.1, 0.15) is 25.1 Å². The maximum absolute atomic E-state index is 11.6. The molecule has 1 saturated heterocycles. The molecular weight excluding hydrogens is 234 g/mol. The van der Waals surface area contributed by atoms with Gasteiger partial charge >= 0.3 is 0 Å². The first-order chi connectivity index (χ1) is 7.00. The molecule has 0 aromatic carbocycles. The van der Waals surface area contributed by atoms with Gasteiger partial charge in [-0.25, -0.2) is 17.7 Å². The van der Waals surface area contributed by atoms with E-state index in [1.807, 2.05) is 12.3 Å². The Morgan fingerprint density at radius 2 is 2.40 bits per heavy atom. The highest BCUT2D eigenvalue weighted by molar-refractivity contribution is 7.93. The molecule has 1 aromatic heterocycles. The molecule has 0 spiro atoms. The zero-order valence-electron chi connectivity index (χ0n) is 8.38. The molecule has 1 aliphatic rings. The van der Waals surface area contributed by atoms with Gasteiger partial charge in [-0.15, -0.1) is 11.3 Å². The van der Waals surface area contributed by atoms with Gasteiger partial charge in [-0.2, -0.15) is 0 Å². The predicted octanol–water partition coefficient (Wildman–Crippen LogP) is 0.703. The number of aromatic nitrogens is 1. The van der Waals surface area contributed by atoms with Crippen LogP contribution < -0.4 is 10.0 Å². The zero-order valence-corrected chi connectivity index (χ0v) is 10.0. The van der Waals surface area contributed by atoms with Gasteiger partial charge in [0.1, 0.15) is 0 Å². The van der Waals surface area contributed by atoms with Gasteiger partial charge in [-0.3, -0.25) is 0 Å². The van der Waals surface area contributed by atoms with Crippen LogP contribution >= 0.6 is 11.3 Å². The van der Waals surface area contributed by atoms with Gasteiger partial charge in [-0.1, -0.05) is 0 Å². The Bertz CT molecular complexity index is 452. The minimum atomic E-state index is -3.11. The van der Waals surface area contributed by atoms with Gasteiger partial charge in [0.15, 0.2) is 5.13 Å². The fourth-order valence-electron chi connectivity index (χ4n) is 1.45. The molecule has 15 heavy (non-hydrogen) atoms. The number of hydrogen-bond acceptors (Lipinski definition) is 5. The first kappa shape index (κ1) is 10.8. The van der Waals surface area contributed by atoms with Crippen molar-refractivity contribution < 1.29 is 8.42 Å². The summed E-state index contributed by atoms with van der Waals surface area (Å²) in [7, 11) is -3.11. The van der Waals surface area contributed by atoms with Crippen LogP contribution in [-0.2, 0) is 10.0 Å². The number of nitrogens with zero attached hydrogens (tertiary/aromatic N) is 2. The second kappa shape index (κ2) is 3.73. The van der Waals surface area contributed by atoms with Crippen LogP contribution in [0.15, 0.2) is 5.38 Å². The fraction of sp³-hybridized carbons (Fsp3) is 0.625. The third-order valence-corrected chi connectivity index (χ3v) is 5.12. The van der Waals surface area contributed by atoms with E-state index in [0.29, 0.717) is 18.1 Å². The van der Waals surface area contributed by atoms with E-state index >= 15 is 0 Å². The molecule has 1 unspecified atom stereocenters. The van der Waals surface area contributed by atoms with Crippen molar-refractivity contribution in [3.8, 4) is 0 Å². The molecule has 0 radical (unpaired) electrons. The summed E-state index contributed by atoms with van der Waals surface area (Å²) in [6.45, 7) is 2.37. The number of anilines is 1. The van der Waals surface area contributed by atoms with Gasteiger partial charge < -0.3 is 5.73 Å². The minimum Gasteiger partial charge on any atom is -0.323 e. The maximum Gasteiger partial charge on any atom is 0.236 e. The Morgan fingerprint density at radius 1 is 1.67 bits per heavy atom. The van der Waals surface area contributed by atoms with Crippen molar-refractivity contribution in [2.24, 2.45) is 5.73 Å². The maximum atomic E-state index is 11.6. The van der Waals surface area contributed by atoms with Crippen LogP contribution in [0.25, 0.3) is 0 Å². The molecule has 5 nitrogen and oxygen atoms in total. The van der Waals surface area contributed by atoms with E-state index in [1.165, 1.54) is 15.6 Å². The second-order valence-corrected chi connectivity index (χ2v) is 6.43. The molecule has 0 aliphatic carbocycles. The van der Waals surface area contributed by atoms with Gasteiger partial charge in [0.2, 0.25) is 10.0 Å². The number of hydrogen-bond donors (Lipinski definition) is 1. The van der Waals surface area contributed by atoms with Gasteiger partial charge in [0.05, 0.1) is 11.4 Å². The Balaban J connectivity index is 2.30. The van der Waals surface area contributed by atoms with Gasteiger partial charge in [0.25, 0.3) is 0 Å². The van der Waals surface area contributed by atoms with E-state index in [-0.39, 0.29) is 11.8 Å². The Morgan fingerprint density at radius 3 is 2.87 bits per heavy atom. The smallest absolute Gasteiger partial charge is 0.236 e. The highest BCUT2D eigenvalue weighted by Crippen LogP contribution is 2.28. The number of thiazole rings is 1. The van der Waals surface area contributed by atoms with Crippen molar-refractivity contribution in [2.75, 3.05) is 16.6 Å². The van der Waals surface area contributed by atoms with Crippen LogP contribution in [0.4, 0.5) is 5.13 Å². The predicted molar refractivity (Wildman–Crippen MR) is 60.5 cm³/mol. The first-order valence-corrected chi connectivity index (χ1v) is 7.21. The van der Waals surface area contributed by atoms with Crippen LogP contribution in [0.5, 0.6) is 0 Å². The van der Waals surface area contributed by atoms with E-state index in [9.17, 15) is 8.42 Å². The monoisotopic (exact) mass is 247 g/mol. The van der Waals surface area contributed by atoms with E-state index in [2.05, 4.69) is 4.98 Å². The molecule has 2 rings (SSSR count). The molecule has 7 heteroatoms. The lowest BCUT2D eigenvalue weighted by atomic mass is 10.3. The molecule has 1 fully saturated rings. The third-order valence-electron chi connectivity index (χ3n) is 2.29. The molecule has 1 atom stereocenters. The standard InChI is InChI=1S/C8H13N3O2S2/c1-6(9)7-5-14-8(10-7)11-3-2-4-15(11,12)13/h5-6H,2-4,9H2,1H3. The SMILES string of the molecule is CC(N)c1csc(N2CCCS2(=O)=O)n1. The van der Waals surface area contributed by atoms with Gasteiger partial charge in [0, 0.05) is 18.0 Å². The summed E-state index contributed by atoms with van der Waals surface area (Å²) in [6.07, 6.45) is 0.676. The molecule has 0 saturated carbocycles. The van der Waals surface area contributed by atoms with E-state index in [1.54, 1.807) is 0 Å². The largest absolute Gasteiger partial charge is 0.323 e. The lowest BCUT2D eigenvalue weighted by molar-refractivity contribution is 0.599. The van der Waals surface area contributed by atoms with Crippen LogP contribution in [-0.4, -0.2) is 25.7 Å². The van der Waals surface area contributed by atoms with Gasteiger partial charge in [-0.05, 0) is 13.3 Å². The Hall–Kier alpha value is -0.660. The molecular formula is C8H13N3O2S2. The summed E-state index contributed by atoms with van der Waals surface area (Å²) in [5.41, 5.74) is 6.42. The van der Waals surface area contributed by atoms with E-state index in [4.69, 9.17) is 5.73 Å². The molecule has 1 aromatic rings. The summed E-state index contributed by atoms with van der Waals surface area (Å²) in [4.78, 5) is 4.23. The lowest BCUT2D eigenvalue weighted by Gasteiger charge is -2.12. The molecule has 84 valence electrons. The van der Waals surface area contributed by atoms with Crippen molar-refractivity contribution in [3.63, 3.8) is 0 Å². The summed E-state index contributed by atoms with van der Waals surface area (Å²) < 4.78 is 24.6. The number of sulfonamides is 1. The zero-order chi connectivity index (χ0) is 11.1. The molecule has 2 N–H and O–H groups in total. The average Bonchev–Trinajstić information content (AvgIpc) is 2.69. The topological polar surface area (TPSA) is 76.3 Å². The summed E-state index contributed by atoms with van der Waals surface area (Å²) >= 11 is 1.33. The summed E-state index contributed by atoms with van der Waals surface area (Å²) in [6, 6.07) is -0.152. The normalized spacial score (nSPS) is 21.9. The fourth-order valence-corrected chi connectivity index (χ4v) is 4.18. The van der Waals surface area contributed by atoms with Crippen LogP contribution in [0.3, 0.4) is 0 Å². The highest BCUT2D eigenvalue weighted by atomic mass is 32.2. The first-order valence-electron chi connectivity index (χ1n) is 4.72. The molecule has 0 bridgehead atoms. The summed E-state index contributed by atoms with van der Waals surface area (Å²) in [5.74, 6) is 0.222. The summed E-state index contributed by atoms with van der Waals surface area (Å²) in [5, 5.41) is 2.35. The van der Waals surface area contributed by atoms with Crippen LogP contribution in [0, 0.1) is 0 Å². The quantitative estimate of drug-likeness (QED) is 0.834. The van der Waals surface area contributed by atoms with E-state index < -0.39 is 10.0 Å². The highest BCUT2D eigenvalue weighted by Gasteiger charge is 2.30. The minimum absolute atomic E-state index is 0.152. The number of rotatable bonds is 2. The number of nitrogens with two attached hydrogens (primary N) is 1. The second-order valence-electron chi connectivity index (χ2n) is 3.59. The molecule has 1 aliphatic heterocycles. The van der Waals surface area contributed by atoms with Crippen molar-refractivity contribution in [1.29, 1.82) is 0 Å². The molecule has 0 amide bonds. The molecule has 2 heterocycles. The van der Waals surface area contributed by atoms with Crippen molar-refractivity contribution in [1.82, 2.24) is 4.98 Å². The van der Waals surface area contributed by atoms with E-state index in [0.717, 1.165) is 5.69 Å². The Labute approximate surface area is 93.0 Å². The average molecular weight is 247 g/mol. The van der Waals surface area contributed by atoms with Crippen LogP contribution in [0.2, 0.25) is 0 Å². The third kappa shape index (κ3) is 1.99.